The molecular formula is C19H25N3O2. The maximum absolute atomic E-state index is 11.1. The molecule has 128 valence electrons. The highest BCUT2D eigenvalue weighted by Gasteiger charge is 2.25. The Morgan fingerprint density at radius 1 is 1.29 bits per heavy atom. The highest BCUT2D eigenvalue weighted by Crippen LogP contribution is 2.31. The second kappa shape index (κ2) is 7.62. The van der Waals surface area contributed by atoms with Crippen LogP contribution in [0.1, 0.15) is 55.7 Å². The van der Waals surface area contributed by atoms with E-state index in [0.29, 0.717) is 6.04 Å². The molecule has 5 nitrogen and oxygen atoms in total. The van der Waals surface area contributed by atoms with Crippen LogP contribution in [0.25, 0.3) is 0 Å². The zero-order valence-corrected chi connectivity index (χ0v) is 14.4. The van der Waals surface area contributed by atoms with Gasteiger partial charge in [-0.25, -0.2) is 0 Å². The maximum Gasteiger partial charge on any atom is 0.221 e. The fraction of sp³-hybridized carbons (Fsp3) is 0.474. The van der Waals surface area contributed by atoms with Crippen molar-refractivity contribution in [1.29, 1.82) is 0 Å². The van der Waals surface area contributed by atoms with Gasteiger partial charge in [0.05, 0.1) is 6.04 Å². The first-order chi connectivity index (χ1) is 11.6. The third-order valence-electron chi connectivity index (χ3n) is 4.51. The lowest BCUT2D eigenvalue weighted by Crippen LogP contribution is -2.28. The number of aromatic nitrogens is 1. The van der Waals surface area contributed by atoms with Crippen LogP contribution in [0.15, 0.2) is 34.9 Å². The van der Waals surface area contributed by atoms with Crippen LogP contribution in [0, 0.1) is 6.92 Å². The number of likely N-dealkylation sites (tertiary alicyclic amines) is 1. The van der Waals surface area contributed by atoms with Gasteiger partial charge in [-0.3, -0.25) is 9.69 Å². The van der Waals surface area contributed by atoms with E-state index in [-0.39, 0.29) is 5.91 Å². The summed E-state index contributed by atoms with van der Waals surface area (Å²) in [6.07, 6.45) is 4.84. The minimum atomic E-state index is -0.0447. The number of nitrogens with zero attached hydrogens (tertiary/aromatic N) is 2. The Hall–Kier alpha value is -2.14. The summed E-state index contributed by atoms with van der Waals surface area (Å²) in [4.78, 5) is 13.6. The van der Waals surface area contributed by atoms with E-state index in [1.165, 1.54) is 31.7 Å². The molecule has 1 unspecified atom stereocenters. The van der Waals surface area contributed by atoms with Crippen molar-refractivity contribution in [3.8, 4) is 0 Å². The maximum atomic E-state index is 11.1. The summed E-state index contributed by atoms with van der Waals surface area (Å²) in [5.74, 6) is 0.825. The molecule has 2 aromatic rings. The lowest BCUT2D eigenvalue weighted by Gasteiger charge is -2.28. The Bertz CT molecular complexity index is 678. The van der Waals surface area contributed by atoms with Crippen LogP contribution in [0.5, 0.6) is 0 Å². The Kier molecular flexibility index (Phi) is 5.30. The van der Waals surface area contributed by atoms with Crippen LogP contribution in [-0.4, -0.2) is 22.5 Å². The van der Waals surface area contributed by atoms with E-state index >= 15 is 0 Å². The minimum Gasteiger partial charge on any atom is -0.361 e. The molecule has 0 bridgehead atoms. The van der Waals surface area contributed by atoms with Gasteiger partial charge in [0.25, 0.3) is 0 Å². The van der Waals surface area contributed by atoms with Crippen molar-refractivity contribution < 1.29 is 9.32 Å². The van der Waals surface area contributed by atoms with Crippen LogP contribution >= 0.6 is 0 Å². The molecule has 1 atom stereocenters. The van der Waals surface area contributed by atoms with Gasteiger partial charge in [-0.1, -0.05) is 30.1 Å². The normalized spacial score (nSPS) is 19.0. The zero-order chi connectivity index (χ0) is 16.9. The molecule has 1 aliphatic heterocycles. The summed E-state index contributed by atoms with van der Waals surface area (Å²) >= 11 is 0. The number of hydrogen-bond donors (Lipinski definition) is 1. The van der Waals surface area contributed by atoms with Gasteiger partial charge in [-0.2, -0.15) is 0 Å². The van der Waals surface area contributed by atoms with Gasteiger partial charge >= 0.3 is 0 Å². The number of hydrogen-bond acceptors (Lipinski definition) is 4. The fourth-order valence-electron chi connectivity index (χ4n) is 3.37. The molecule has 24 heavy (non-hydrogen) atoms. The number of amides is 1. The number of benzene rings is 1. The van der Waals surface area contributed by atoms with Gasteiger partial charge < -0.3 is 9.84 Å². The highest BCUT2D eigenvalue weighted by atomic mass is 16.5. The molecule has 1 saturated heterocycles. The average molecular weight is 327 g/mol. The van der Waals surface area contributed by atoms with Gasteiger partial charge in [0.1, 0.15) is 11.5 Å². The number of anilines is 1. The fourth-order valence-corrected chi connectivity index (χ4v) is 3.37. The van der Waals surface area contributed by atoms with Crippen LogP contribution in [-0.2, 0) is 11.3 Å². The molecule has 3 rings (SSSR count). The number of carbonyl (C=O) groups excluding carboxylic acids is 1. The summed E-state index contributed by atoms with van der Waals surface area (Å²) < 4.78 is 5.29. The predicted molar refractivity (Wildman–Crippen MR) is 93.6 cm³/mol. The molecule has 2 heterocycles. The molecule has 0 aliphatic carbocycles. The molecule has 5 heteroatoms. The van der Waals surface area contributed by atoms with Crippen LogP contribution in [0.4, 0.5) is 5.69 Å². The Balaban J connectivity index is 1.73. The lowest BCUT2D eigenvalue weighted by molar-refractivity contribution is -0.114. The number of aryl methyl sites for hydroxylation is 1. The van der Waals surface area contributed by atoms with E-state index in [9.17, 15) is 4.79 Å². The van der Waals surface area contributed by atoms with Gasteiger partial charge in [-0.15, -0.1) is 0 Å². The lowest BCUT2D eigenvalue weighted by atomic mass is 10.1. The molecule has 1 N–H and O–H groups in total. The van der Waals surface area contributed by atoms with Gasteiger partial charge in [-0.05, 0) is 44.0 Å². The SMILES string of the molecule is CC(=O)Nc1ccc(CN2CCCCCC2c2cc(C)on2)cc1. The van der Waals surface area contributed by atoms with E-state index in [0.717, 1.165) is 36.7 Å². The van der Waals surface area contributed by atoms with Gasteiger partial charge in [0.15, 0.2) is 0 Å². The average Bonchev–Trinajstić information content (AvgIpc) is 2.84. The van der Waals surface area contributed by atoms with Crippen molar-refractivity contribution in [2.24, 2.45) is 0 Å². The Morgan fingerprint density at radius 3 is 2.75 bits per heavy atom. The quantitative estimate of drug-likeness (QED) is 0.920. The summed E-state index contributed by atoms with van der Waals surface area (Å²) in [7, 11) is 0. The van der Waals surface area contributed by atoms with Crippen LogP contribution in [0.2, 0.25) is 0 Å². The van der Waals surface area contributed by atoms with Gasteiger partial charge in [0.2, 0.25) is 5.91 Å². The summed E-state index contributed by atoms with van der Waals surface area (Å²) in [5.41, 5.74) is 3.13. The number of rotatable bonds is 4. The zero-order valence-electron chi connectivity index (χ0n) is 14.4. The van der Waals surface area contributed by atoms with Crippen LogP contribution < -0.4 is 5.32 Å². The van der Waals surface area contributed by atoms with E-state index in [4.69, 9.17) is 4.52 Å². The van der Waals surface area contributed by atoms with Gasteiger partial charge in [0, 0.05) is 25.2 Å². The molecule has 0 saturated carbocycles. The third-order valence-corrected chi connectivity index (χ3v) is 4.51. The van der Waals surface area contributed by atoms with Crippen molar-refractivity contribution in [2.75, 3.05) is 11.9 Å². The van der Waals surface area contributed by atoms with E-state index in [1.807, 2.05) is 19.1 Å². The topological polar surface area (TPSA) is 58.4 Å². The van der Waals surface area contributed by atoms with Crippen molar-refractivity contribution >= 4 is 11.6 Å². The van der Waals surface area contributed by atoms with Crippen molar-refractivity contribution in [3.05, 3.63) is 47.3 Å². The summed E-state index contributed by atoms with van der Waals surface area (Å²) in [6.45, 7) is 5.43. The molecular weight excluding hydrogens is 302 g/mol. The molecule has 1 aromatic heterocycles. The summed E-state index contributed by atoms with van der Waals surface area (Å²) in [5, 5.41) is 7.06. The van der Waals surface area contributed by atoms with Crippen molar-refractivity contribution in [3.63, 3.8) is 0 Å². The monoisotopic (exact) mass is 327 g/mol. The Morgan fingerprint density at radius 2 is 2.08 bits per heavy atom. The van der Waals surface area contributed by atoms with E-state index in [1.54, 1.807) is 0 Å². The Labute approximate surface area is 143 Å². The number of nitrogens with one attached hydrogen (secondary N) is 1. The number of carbonyl (C=O) groups is 1. The molecule has 1 fully saturated rings. The van der Waals surface area contributed by atoms with Crippen molar-refractivity contribution in [2.45, 2.75) is 52.1 Å². The predicted octanol–water partition coefficient (Wildman–Crippen LogP) is 4.06. The molecule has 0 spiro atoms. The third kappa shape index (κ3) is 4.23. The molecule has 1 aliphatic rings. The standard InChI is InChI=1S/C19H25N3O2/c1-14-12-18(21-24-14)19-6-4-3-5-11-22(19)13-16-7-9-17(10-8-16)20-15(2)23/h7-10,12,19H,3-6,11,13H2,1-2H3,(H,20,23). The first kappa shape index (κ1) is 16.7. The minimum absolute atomic E-state index is 0.0447. The molecule has 1 aromatic carbocycles. The van der Waals surface area contributed by atoms with Crippen LogP contribution in [0.3, 0.4) is 0 Å². The van der Waals surface area contributed by atoms with E-state index < -0.39 is 0 Å². The van der Waals surface area contributed by atoms with Crippen molar-refractivity contribution in [1.82, 2.24) is 10.1 Å². The largest absolute Gasteiger partial charge is 0.361 e. The first-order valence-corrected chi connectivity index (χ1v) is 8.65. The smallest absolute Gasteiger partial charge is 0.221 e. The first-order valence-electron chi connectivity index (χ1n) is 8.65. The molecule has 0 radical (unpaired) electrons. The molecule has 1 amide bonds. The van der Waals surface area contributed by atoms with E-state index in [2.05, 4.69) is 33.6 Å². The highest BCUT2D eigenvalue weighted by molar-refractivity contribution is 5.88. The summed E-state index contributed by atoms with van der Waals surface area (Å²) in [6, 6.07) is 10.5. The second-order valence-corrected chi connectivity index (χ2v) is 6.58. The second-order valence-electron chi connectivity index (χ2n) is 6.58.